The van der Waals surface area contributed by atoms with Gasteiger partial charge < -0.3 is 4.90 Å². The maximum Gasteiger partial charge on any atom is 0.240 e. The van der Waals surface area contributed by atoms with Crippen LogP contribution >= 0.6 is 11.8 Å². The summed E-state index contributed by atoms with van der Waals surface area (Å²) in [6.07, 6.45) is 7.64. The van der Waals surface area contributed by atoms with Gasteiger partial charge in [-0.25, -0.2) is 13.1 Å². The molecule has 7 heteroatoms. The van der Waals surface area contributed by atoms with E-state index >= 15 is 0 Å². The van der Waals surface area contributed by atoms with Crippen LogP contribution in [0.15, 0.2) is 39.6 Å². The molecule has 1 aliphatic carbocycles. The number of carbonyl (C=O) groups excluding carboxylic acids is 1. The van der Waals surface area contributed by atoms with Gasteiger partial charge in [0, 0.05) is 30.7 Å². The molecular weight excluding hydrogens is 356 g/mol. The highest BCUT2D eigenvalue weighted by Crippen LogP contribution is 2.36. The van der Waals surface area contributed by atoms with Gasteiger partial charge in [0.05, 0.1) is 10.6 Å². The molecule has 2 aliphatic rings. The van der Waals surface area contributed by atoms with E-state index in [0.717, 1.165) is 35.6 Å². The first-order valence-electron chi connectivity index (χ1n) is 8.70. The Balaban J connectivity index is 1.70. The van der Waals surface area contributed by atoms with Gasteiger partial charge in [-0.15, -0.1) is 11.8 Å². The van der Waals surface area contributed by atoms with E-state index in [4.69, 9.17) is 0 Å². The Morgan fingerprint density at radius 3 is 2.88 bits per heavy atom. The molecule has 1 N–H and O–H groups in total. The topological polar surface area (TPSA) is 66.5 Å². The molecule has 3 rings (SSSR count). The van der Waals surface area contributed by atoms with Gasteiger partial charge in [0.25, 0.3) is 0 Å². The predicted molar refractivity (Wildman–Crippen MR) is 102 cm³/mol. The van der Waals surface area contributed by atoms with Crippen molar-refractivity contribution >= 4 is 33.4 Å². The molecule has 136 valence electrons. The Labute approximate surface area is 153 Å². The van der Waals surface area contributed by atoms with Gasteiger partial charge in [0.15, 0.2) is 0 Å². The normalized spacial score (nSPS) is 17.8. The molecule has 0 fully saturated rings. The van der Waals surface area contributed by atoms with E-state index < -0.39 is 10.0 Å². The Bertz CT molecular complexity index is 788. The van der Waals surface area contributed by atoms with Crippen molar-refractivity contribution in [1.82, 2.24) is 4.72 Å². The first kappa shape index (κ1) is 18.5. The first-order chi connectivity index (χ1) is 12.0. The summed E-state index contributed by atoms with van der Waals surface area (Å²) in [7, 11) is -3.53. The summed E-state index contributed by atoms with van der Waals surface area (Å²) >= 11 is 1.59. The summed E-state index contributed by atoms with van der Waals surface area (Å²) < 4.78 is 27.8. The van der Waals surface area contributed by atoms with Gasteiger partial charge in [-0.1, -0.05) is 11.6 Å². The van der Waals surface area contributed by atoms with E-state index in [1.54, 1.807) is 34.9 Å². The van der Waals surface area contributed by atoms with Gasteiger partial charge in [0.1, 0.15) is 0 Å². The van der Waals surface area contributed by atoms with Crippen LogP contribution in [0.4, 0.5) is 5.69 Å². The molecule has 0 saturated heterocycles. The fraction of sp³-hybridized carbons (Fsp3) is 0.500. The summed E-state index contributed by atoms with van der Waals surface area (Å²) in [5.41, 5.74) is 2.15. The van der Waals surface area contributed by atoms with E-state index in [-0.39, 0.29) is 10.8 Å². The summed E-state index contributed by atoms with van der Waals surface area (Å²) in [6.45, 7) is 2.62. The number of thioether (sulfide) groups is 1. The molecule has 0 aromatic heterocycles. The van der Waals surface area contributed by atoms with Crippen LogP contribution in [0.1, 0.15) is 39.0 Å². The molecule has 1 aromatic carbocycles. The average Bonchev–Trinajstić information content (AvgIpc) is 2.61. The fourth-order valence-electron chi connectivity index (χ4n) is 3.26. The van der Waals surface area contributed by atoms with Crippen LogP contribution in [0, 0.1) is 0 Å². The minimum Gasteiger partial charge on any atom is -0.311 e. The Morgan fingerprint density at radius 2 is 2.16 bits per heavy atom. The zero-order valence-corrected chi connectivity index (χ0v) is 16.1. The highest BCUT2D eigenvalue weighted by atomic mass is 32.2. The Hall–Kier alpha value is -1.31. The van der Waals surface area contributed by atoms with Gasteiger partial charge in [-0.3, -0.25) is 4.79 Å². The van der Waals surface area contributed by atoms with Crippen molar-refractivity contribution in [3.63, 3.8) is 0 Å². The lowest BCUT2D eigenvalue weighted by molar-refractivity contribution is -0.116. The number of hydrogen-bond acceptors (Lipinski definition) is 4. The number of rotatable bonds is 5. The van der Waals surface area contributed by atoms with Crippen molar-refractivity contribution < 1.29 is 13.2 Å². The van der Waals surface area contributed by atoms with Crippen molar-refractivity contribution in [2.75, 3.05) is 23.7 Å². The summed E-state index contributed by atoms with van der Waals surface area (Å²) in [6, 6.07) is 5.00. The van der Waals surface area contributed by atoms with Crippen molar-refractivity contribution in [3.8, 4) is 0 Å². The largest absolute Gasteiger partial charge is 0.311 e. The number of nitrogens with zero attached hydrogens (tertiary/aromatic N) is 1. The average molecular weight is 381 g/mol. The highest BCUT2D eigenvalue weighted by Gasteiger charge is 2.23. The number of fused-ring (bicyclic) bond motifs is 1. The third-order valence-electron chi connectivity index (χ3n) is 4.61. The van der Waals surface area contributed by atoms with Crippen LogP contribution < -0.4 is 9.62 Å². The molecule has 1 amide bonds. The molecule has 25 heavy (non-hydrogen) atoms. The molecule has 0 radical (unpaired) electrons. The molecule has 0 spiro atoms. The quantitative estimate of drug-likeness (QED) is 0.796. The lowest BCUT2D eigenvalue weighted by Gasteiger charge is -2.28. The van der Waals surface area contributed by atoms with Crippen LogP contribution in [0.3, 0.4) is 0 Å². The molecule has 1 aromatic rings. The second kappa shape index (κ2) is 7.93. The van der Waals surface area contributed by atoms with E-state index in [1.807, 2.05) is 0 Å². The van der Waals surface area contributed by atoms with Crippen molar-refractivity contribution in [3.05, 3.63) is 29.8 Å². The summed E-state index contributed by atoms with van der Waals surface area (Å²) in [5.74, 6) is 0.758. The van der Waals surface area contributed by atoms with Gasteiger partial charge in [-0.2, -0.15) is 0 Å². The zero-order valence-electron chi connectivity index (χ0n) is 14.5. The fourth-order valence-corrected chi connectivity index (χ4v) is 5.42. The van der Waals surface area contributed by atoms with Crippen LogP contribution in [-0.4, -0.2) is 33.2 Å². The van der Waals surface area contributed by atoms with Crippen LogP contribution in [0.25, 0.3) is 0 Å². The Kier molecular flexibility index (Phi) is 5.86. The highest BCUT2D eigenvalue weighted by molar-refractivity contribution is 7.99. The summed E-state index contributed by atoms with van der Waals surface area (Å²) in [5, 5.41) is 0. The number of nitrogens with one attached hydrogen (secondary N) is 1. The minimum atomic E-state index is -3.53. The van der Waals surface area contributed by atoms with E-state index in [0.29, 0.717) is 13.1 Å². The molecule has 0 unspecified atom stereocenters. The second-order valence-electron chi connectivity index (χ2n) is 6.40. The number of anilines is 1. The van der Waals surface area contributed by atoms with Crippen molar-refractivity contribution in [2.24, 2.45) is 0 Å². The van der Waals surface area contributed by atoms with Gasteiger partial charge in [0.2, 0.25) is 15.9 Å². The second-order valence-corrected chi connectivity index (χ2v) is 9.31. The smallest absolute Gasteiger partial charge is 0.240 e. The zero-order chi connectivity index (χ0) is 17.9. The van der Waals surface area contributed by atoms with E-state index in [9.17, 15) is 13.2 Å². The monoisotopic (exact) mass is 380 g/mol. The number of sulfonamides is 1. The van der Waals surface area contributed by atoms with E-state index in [1.165, 1.54) is 25.3 Å². The van der Waals surface area contributed by atoms with Crippen LogP contribution in [0.5, 0.6) is 0 Å². The van der Waals surface area contributed by atoms with Gasteiger partial charge >= 0.3 is 0 Å². The molecular formula is C18H24N2O3S2. The molecule has 1 aliphatic heterocycles. The number of hydrogen-bond donors (Lipinski definition) is 1. The number of allylic oxidation sites excluding steroid dienone is 1. The molecule has 0 bridgehead atoms. The summed E-state index contributed by atoms with van der Waals surface area (Å²) in [4.78, 5) is 14.5. The third kappa shape index (κ3) is 4.46. The van der Waals surface area contributed by atoms with Crippen LogP contribution in [-0.2, 0) is 14.8 Å². The number of benzene rings is 1. The number of amides is 1. The Morgan fingerprint density at radius 1 is 1.32 bits per heavy atom. The lowest BCUT2D eigenvalue weighted by atomic mass is 9.97. The van der Waals surface area contributed by atoms with Gasteiger partial charge in [-0.05, 0) is 50.3 Å². The minimum absolute atomic E-state index is 0.0176. The number of carbonyl (C=O) groups is 1. The van der Waals surface area contributed by atoms with E-state index in [2.05, 4.69) is 10.8 Å². The SMILES string of the molecule is CC(=O)N1CCSc2cc(S(=O)(=O)NCCC3=CCCCC3)ccc21. The lowest BCUT2D eigenvalue weighted by Crippen LogP contribution is -2.33. The molecule has 0 saturated carbocycles. The molecule has 1 heterocycles. The standard InChI is InChI=1S/C18H24N2O3S2/c1-14(21)20-11-12-24-18-13-16(7-8-17(18)20)25(22,23)19-10-9-15-5-3-2-4-6-15/h5,7-8,13,19H,2-4,6,9-12H2,1H3. The maximum atomic E-state index is 12.6. The van der Waals surface area contributed by atoms with Crippen LogP contribution in [0.2, 0.25) is 0 Å². The van der Waals surface area contributed by atoms with Crippen molar-refractivity contribution in [1.29, 1.82) is 0 Å². The maximum absolute atomic E-state index is 12.6. The third-order valence-corrected chi connectivity index (χ3v) is 7.09. The molecule has 5 nitrogen and oxygen atoms in total. The first-order valence-corrected chi connectivity index (χ1v) is 11.2. The molecule has 0 atom stereocenters. The predicted octanol–water partition coefficient (Wildman–Crippen LogP) is 3.31. The van der Waals surface area contributed by atoms with Crippen molar-refractivity contribution in [2.45, 2.75) is 48.8 Å².